The molecule has 0 atom stereocenters. The Hall–Kier alpha value is -1.78. The first-order chi connectivity index (χ1) is 5.90. The van der Waals surface area contributed by atoms with E-state index >= 15 is 0 Å². The number of fused-ring (bicyclic) bond motifs is 1. The summed E-state index contributed by atoms with van der Waals surface area (Å²) in [6.07, 6.45) is 4.57. The minimum absolute atomic E-state index is 0.459. The summed E-state index contributed by atoms with van der Waals surface area (Å²) in [5.74, 6) is 0.459. The Morgan fingerprint density at radius 2 is 2.17 bits per heavy atom. The lowest BCUT2D eigenvalue weighted by Crippen LogP contribution is -1.92. The van der Waals surface area contributed by atoms with E-state index in [0.29, 0.717) is 17.0 Å². The smallest absolute Gasteiger partial charge is 0.234 e. The average Bonchev–Trinajstić information content (AvgIpc) is 2.17. The van der Waals surface area contributed by atoms with Crippen molar-refractivity contribution in [2.75, 3.05) is 7.11 Å². The van der Waals surface area contributed by atoms with E-state index in [2.05, 4.69) is 19.9 Å². The maximum atomic E-state index is 4.89. The van der Waals surface area contributed by atoms with Crippen LogP contribution in [0.25, 0.3) is 11.2 Å². The minimum atomic E-state index is 0.459. The number of aromatic nitrogens is 4. The van der Waals surface area contributed by atoms with E-state index in [4.69, 9.17) is 4.74 Å². The van der Waals surface area contributed by atoms with Crippen LogP contribution in [0.5, 0.6) is 5.88 Å². The second-order valence-electron chi connectivity index (χ2n) is 2.14. The van der Waals surface area contributed by atoms with E-state index in [0.717, 1.165) is 0 Å². The van der Waals surface area contributed by atoms with Gasteiger partial charge in [-0.25, -0.2) is 15.0 Å². The fourth-order valence-electron chi connectivity index (χ4n) is 0.849. The van der Waals surface area contributed by atoms with Gasteiger partial charge in [-0.1, -0.05) is 0 Å². The van der Waals surface area contributed by atoms with Crippen molar-refractivity contribution in [3.8, 4) is 5.88 Å². The van der Waals surface area contributed by atoms with Crippen molar-refractivity contribution < 1.29 is 4.74 Å². The van der Waals surface area contributed by atoms with E-state index in [9.17, 15) is 0 Å². The Labute approximate surface area is 68.5 Å². The van der Waals surface area contributed by atoms with E-state index in [1.807, 2.05) is 0 Å². The second-order valence-corrected chi connectivity index (χ2v) is 2.14. The molecule has 0 unspecified atom stereocenters. The minimum Gasteiger partial charge on any atom is -0.480 e. The zero-order valence-electron chi connectivity index (χ0n) is 6.43. The molecule has 60 valence electrons. The van der Waals surface area contributed by atoms with Crippen molar-refractivity contribution in [3.05, 3.63) is 18.7 Å². The maximum Gasteiger partial charge on any atom is 0.234 e. The highest BCUT2D eigenvalue weighted by atomic mass is 16.5. The zero-order chi connectivity index (χ0) is 8.39. The van der Waals surface area contributed by atoms with Crippen molar-refractivity contribution in [2.45, 2.75) is 0 Å². The number of ether oxygens (including phenoxy) is 1. The lowest BCUT2D eigenvalue weighted by Gasteiger charge is -1.97. The molecule has 2 aromatic heterocycles. The summed E-state index contributed by atoms with van der Waals surface area (Å²) >= 11 is 0. The number of nitrogens with zero attached hydrogens (tertiary/aromatic N) is 4. The average molecular weight is 162 g/mol. The van der Waals surface area contributed by atoms with Gasteiger partial charge in [-0.3, -0.25) is 0 Å². The third-order valence-electron chi connectivity index (χ3n) is 1.41. The summed E-state index contributed by atoms with van der Waals surface area (Å²) < 4.78 is 4.89. The van der Waals surface area contributed by atoms with Crippen molar-refractivity contribution in [1.82, 2.24) is 19.9 Å². The van der Waals surface area contributed by atoms with Crippen molar-refractivity contribution >= 4 is 11.2 Å². The van der Waals surface area contributed by atoms with Gasteiger partial charge in [0.1, 0.15) is 11.8 Å². The maximum absolute atomic E-state index is 4.89. The number of rotatable bonds is 1. The molecule has 0 spiro atoms. The molecule has 2 rings (SSSR count). The highest BCUT2D eigenvalue weighted by Gasteiger charge is 1.98. The molecule has 0 N–H and O–H groups in total. The summed E-state index contributed by atoms with van der Waals surface area (Å²) in [5, 5.41) is 0. The third kappa shape index (κ3) is 1.05. The van der Waals surface area contributed by atoms with Crippen molar-refractivity contribution in [1.29, 1.82) is 0 Å². The third-order valence-corrected chi connectivity index (χ3v) is 1.41. The predicted molar refractivity (Wildman–Crippen MR) is 41.7 cm³/mol. The van der Waals surface area contributed by atoms with Gasteiger partial charge in [0, 0.05) is 0 Å². The monoisotopic (exact) mass is 162 g/mol. The van der Waals surface area contributed by atoms with Crippen LogP contribution in [0.15, 0.2) is 18.7 Å². The molecule has 5 nitrogen and oxygen atoms in total. The molecule has 0 saturated heterocycles. The Kier molecular flexibility index (Phi) is 1.55. The summed E-state index contributed by atoms with van der Waals surface area (Å²) in [4.78, 5) is 15.8. The molecule has 0 aliphatic heterocycles. The van der Waals surface area contributed by atoms with Crippen LogP contribution in [0, 0.1) is 0 Å². The SMILES string of the molecule is COc1cnc2cncnc2n1. The van der Waals surface area contributed by atoms with Gasteiger partial charge in [0.15, 0.2) is 5.65 Å². The van der Waals surface area contributed by atoms with Gasteiger partial charge in [-0.2, -0.15) is 4.98 Å². The Balaban J connectivity index is 2.67. The van der Waals surface area contributed by atoms with Crippen molar-refractivity contribution in [3.63, 3.8) is 0 Å². The van der Waals surface area contributed by atoms with Gasteiger partial charge in [0.05, 0.1) is 19.5 Å². The molecule has 5 heteroatoms. The van der Waals surface area contributed by atoms with Gasteiger partial charge >= 0.3 is 0 Å². The van der Waals surface area contributed by atoms with E-state index in [1.165, 1.54) is 19.6 Å². The van der Waals surface area contributed by atoms with Gasteiger partial charge in [0.2, 0.25) is 5.88 Å². The van der Waals surface area contributed by atoms with E-state index < -0.39 is 0 Å². The van der Waals surface area contributed by atoms with Gasteiger partial charge in [-0.15, -0.1) is 0 Å². The zero-order valence-corrected chi connectivity index (χ0v) is 6.43. The largest absolute Gasteiger partial charge is 0.480 e. The quantitative estimate of drug-likeness (QED) is 0.608. The molecule has 0 bridgehead atoms. The molecule has 0 aliphatic carbocycles. The number of hydrogen-bond donors (Lipinski definition) is 0. The Bertz CT molecular complexity index is 403. The second kappa shape index (κ2) is 2.69. The predicted octanol–water partition coefficient (Wildman–Crippen LogP) is 0.428. The normalized spacial score (nSPS) is 10.1. The van der Waals surface area contributed by atoms with Crippen LogP contribution in [0.4, 0.5) is 0 Å². The molecule has 0 amide bonds. The van der Waals surface area contributed by atoms with Crippen molar-refractivity contribution in [2.24, 2.45) is 0 Å². The fraction of sp³-hybridized carbons (Fsp3) is 0.143. The molecule has 0 radical (unpaired) electrons. The molecule has 0 aromatic carbocycles. The van der Waals surface area contributed by atoms with Gasteiger partial charge in [0.25, 0.3) is 0 Å². The molecule has 2 aromatic rings. The lowest BCUT2D eigenvalue weighted by atomic mass is 10.5. The molecule has 0 aliphatic rings. The highest BCUT2D eigenvalue weighted by molar-refractivity contribution is 5.67. The Morgan fingerprint density at radius 1 is 1.25 bits per heavy atom. The first-order valence-electron chi connectivity index (χ1n) is 3.37. The summed E-state index contributed by atoms with van der Waals surface area (Å²) in [5.41, 5.74) is 1.21. The molecular formula is C7H6N4O. The van der Waals surface area contributed by atoms with Crippen LogP contribution in [0.2, 0.25) is 0 Å². The van der Waals surface area contributed by atoms with Crippen LogP contribution >= 0.6 is 0 Å². The standard InChI is InChI=1S/C7H6N4O/c1-12-6-3-9-5-2-8-4-10-7(5)11-6/h2-4H,1H3. The molecular weight excluding hydrogens is 156 g/mol. The van der Waals surface area contributed by atoms with Gasteiger partial charge < -0.3 is 4.74 Å². The fourth-order valence-corrected chi connectivity index (χ4v) is 0.849. The molecule has 2 heterocycles. The van der Waals surface area contributed by atoms with Crippen LogP contribution in [-0.2, 0) is 0 Å². The van der Waals surface area contributed by atoms with Crippen LogP contribution < -0.4 is 4.74 Å². The van der Waals surface area contributed by atoms with E-state index in [-0.39, 0.29) is 0 Å². The topological polar surface area (TPSA) is 60.8 Å². The van der Waals surface area contributed by atoms with E-state index in [1.54, 1.807) is 6.20 Å². The van der Waals surface area contributed by atoms with Crippen LogP contribution in [-0.4, -0.2) is 27.0 Å². The summed E-state index contributed by atoms with van der Waals surface area (Å²) in [6, 6.07) is 0. The summed E-state index contributed by atoms with van der Waals surface area (Å²) in [7, 11) is 1.54. The first kappa shape index (κ1) is 6.90. The van der Waals surface area contributed by atoms with Gasteiger partial charge in [-0.05, 0) is 0 Å². The molecule has 0 saturated carbocycles. The van der Waals surface area contributed by atoms with Crippen LogP contribution in [0.1, 0.15) is 0 Å². The summed E-state index contributed by atoms with van der Waals surface area (Å²) in [6.45, 7) is 0. The molecule has 0 fully saturated rings. The molecule has 12 heavy (non-hydrogen) atoms. The highest BCUT2D eigenvalue weighted by Crippen LogP contribution is 2.08. The number of methoxy groups -OCH3 is 1. The van der Waals surface area contributed by atoms with Crippen LogP contribution in [0.3, 0.4) is 0 Å². The number of hydrogen-bond acceptors (Lipinski definition) is 5. The first-order valence-corrected chi connectivity index (χ1v) is 3.37. The Morgan fingerprint density at radius 3 is 3.00 bits per heavy atom. The lowest BCUT2D eigenvalue weighted by molar-refractivity contribution is 0.397.